The molecule has 1 amide bonds. The number of nitrogens with one attached hydrogen (secondary N) is 2. The number of rotatable bonds is 6. The lowest BCUT2D eigenvalue weighted by Gasteiger charge is -2.06. The lowest BCUT2D eigenvalue weighted by atomic mass is 10.2. The largest absolute Gasteiger partial charge is 0.508 e. The first-order chi connectivity index (χ1) is 8.13. The van der Waals surface area contributed by atoms with Crippen LogP contribution in [0.5, 0.6) is 11.5 Å². The van der Waals surface area contributed by atoms with Crippen molar-refractivity contribution in [2.45, 2.75) is 13.3 Å². The van der Waals surface area contributed by atoms with Gasteiger partial charge in [-0.25, -0.2) is 0 Å². The van der Waals surface area contributed by atoms with Gasteiger partial charge in [0, 0.05) is 24.7 Å². The van der Waals surface area contributed by atoms with Crippen LogP contribution in [0.3, 0.4) is 0 Å². The Morgan fingerprint density at radius 2 is 1.76 bits per heavy atom. The molecule has 0 saturated heterocycles. The highest BCUT2D eigenvalue weighted by Gasteiger charge is 2.07. The second kappa shape index (κ2) is 6.75. The van der Waals surface area contributed by atoms with Gasteiger partial charge in [0.15, 0.2) is 0 Å². The number of benzene rings is 1. The van der Waals surface area contributed by atoms with Crippen molar-refractivity contribution in [2.24, 2.45) is 0 Å². The van der Waals surface area contributed by atoms with E-state index in [1.165, 1.54) is 18.2 Å². The van der Waals surface area contributed by atoms with E-state index in [2.05, 4.69) is 17.6 Å². The molecule has 0 aliphatic heterocycles. The summed E-state index contributed by atoms with van der Waals surface area (Å²) in [6.07, 6.45) is 1.05. The Morgan fingerprint density at radius 1 is 1.12 bits per heavy atom. The minimum atomic E-state index is -0.311. The molecule has 0 radical (unpaired) electrons. The Hall–Kier alpha value is -1.75. The Bertz CT molecular complexity index is 360. The van der Waals surface area contributed by atoms with Gasteiger partial charge >= 0.3 is 0 Å². The zero-order valence-corrected chi connectivity index (χ0v) is 9.86. The molecule has 0 aromatic heterocycles. The average molecular weight is 238 g/mol. The van der Waals surface area contributed by atoms with Crippen LogP contribution in [0.1, 0.15) is 23.7 Å². The molecule has 5 heteroatoms. The molecular weight excluding hydrogens is 220 g/mol. The molecule has 1 aromatic carbocycles. The van der Waals surface area contributed by atoms with Crippen molar-refractivity contribution >= 4 is 5.91 Å². The third-order valence-corrected chi connectivity index (χ3v) is 2.18. The van der Waals surface area contributed by atoms with E-state index in [0.717, 1.165) is 13.0 Å². The van der Waals surface area contributed by atoms with Crippen LogP contribution in [0.15, 0.2) is 18.2 Å². The van der Waals surface area contributed by atoms with Crippen molar-refractivity contribution in [3.8, 4) is 11.5 Å². The van der Waals surface area contributed by atoms with Crippen LogP contribution in [-0.2, 0) is 0 Å². The summed E-state index contributed by atoms with van der Waals surface area (Å²) in [4.78, 5) is 11.6. The van der Waals surface area contributed by atoms with Gasteiger partial charge in [-0.05, 0) is 25.1 Å². The molecule has 0 fully saturated rings. The SMILES string of the molecule is CCCNCCNC(=O)c1cc(O)cc(O)c1. The summed E-state index contributed by atoms with van der Waals surface area (Å²) < 4.78 is 0. The van der Waals surface area contributed by atoms with Gasteiger partial charge in [0.2, 0.25) is 0 Å². The van der Waals surface area contributed by atoms with E-state index in [1.807, 2.05) is 0 Å². The van der Waals surface area contributed by atoms with Gasteiger partial charge in [-0.2, -0.15) is 0 Å². The predicted molar refractivity (Wildman–Crippen MR) is 65.3 cm³/mol. The minimum absolute atomic E-state index is 0.126. The topological polar surface area (TPSA) is 81.6 Å². The Balaban J connectivity index is 2.41. The van der Waals surface area contributed by atoms with E-state index in [4.69, 9.17) is 0 Å². The number of amides is 1. The maximum atomic E-state index is 11.6. The van der Waals surface area contributed by atoms with Gasteiger partial charge in [-0.3, -0.25) is 4.79 Å². The number of phenolic OH excluding ortho intramolecular Hbond substituents is 2. The molecule has 0 saturated carbocycles. The maximum absolute atomic E-state index is 11.6. The van der Waals surface area contributed by atoms with E-state index in [-0.39, 0.29) is 23.0 Å². The fraction of sp³-hybridized carbons (Fsp3) is 0.417. The van der Waals surface area contributed by atoms with Crippen molar-refractivity contribution < 1.29 is 15.0 Å². The zero-order chi connectivity index (χ0) is 12.7. The van der Waals surface area contributed by atoms with Gasteiger partial charge in [-0.1, -0.05) is 6.92 Å². The lowest BCUT2D eigenvalue weighted by Crippen LogP contribution is -2.32. The Kier molecular flexibility index (Phi) is 5.29. The molecule has 0 aliphatic carbocycles. The van der Waals surface area contributed by atoms with Crippen LogP contribution in [0, 0.1) is 0 Å². The average Bonchev–Trinajstić information content (AvgIpc) is 2.27. The normalized spacial score (nSPS) is 10.2. The van der Waals surface area contributed by atoms with Gasteiger partial charge in [0.05, 0.1) is 0 Å². The number of carbonyl (C=O) groups excluding carboxylic acids is 1. The molecule has 5 nitrogen and oxygen atoms in total. The molecule has 0 heterocycles. The summed E-state index contributed by atoms with van der Waals surface area (Å²) in [5.41, 5.74) is 0.248. The van der Waals surface area contributed by atoms with E-state index in [1.54, 1.807) is 0 Å². The second-order valence-electron chi connectivity index (χ2n) is 3.74. The smallest absolute Gasteiger partial charge is 0.251 e. The standard InChI is InChI=1S/C12H18N2O3/c1-2-3-13-4-5-14-12(17)9-6-10(15)8-11(16)7-9/h6-8,13,15-16H,2-5H2,1H3,(H,14,17). The van der Waals surface area contributed by atoms with Crippen LogP contribution in [-0.4, -0.2) is 35.8 Å². The summed E-state index contributed by atoms with van der Waals surface area (Å²) in [7, 11) is 0. The summed E-state index contributed by atoms with van der Waals surface area (Å²) in [5, 5.41) is 24.3. The molecule has 0 atom stereocenters. The molecule has 4 N–H and O–H groups in total. The molecule has 94 valence electrons. The number of carbonyl (C=O) groups is 1. The Labute approximate surface area is 100 Å². The molecule has 0 bridgehead atoms. The fourth-order valence-electron chi connectivity index (χ4n) is 1.39. The first-order valence-corrected chi connectivity index (χ1v) is 5.65. The van der Waals surface area contributed by atoms with Crippen LogP contribution in [0.4, 0.5) is 0 Å². The summed E-state index contributed by atoms with van der Waals surface area (Å²) in [6, 6.07) is 3.81. The third-order valence-electron chi connectivity index (χ3n) is 2.18. The monoisotopic (exact) mass is 238 g/mol. The summed E-state index contributed by atoms with van der Waals surface area (Å²) in [6.45, 7) is 4.20. The molecule has 17 heavy (non-hydrogen) atoms. The van der Waals surface area contributed by atoms with Gasteiger partial charge in [0.1, 0.15) is 11.5 Å². The Morgan fingerprint density at radius 3 is 2.35 bits per heavy atom. The highest BCUT2D eigenvalue weighted by Crippen LogP contribution is 2.19. The molecular formula is C12H18N2O3. The molecule has 1 aromatic rings. The van der Waals surface area contributed by atoms with Gasteiger partial charge in [-0.15, -0.1) is 0 Å². The highest BCUT2D eigenvalue weighted by molar-refractivity contribution is 5.95. The maximum Gasteiger partial charge on any atom is 0.251 e. The van der Waals surface area contributed by atoms with E-state index >= 15 is 0 Å². The van der Waals surface area contributed by atoms with Crippen molar-refractivity contribution in [1.82, 2.24) is 10.6 Å². The predicted octanol–water partition coefficient (Wildman–Crippen LogP) is 0.827. The number of hydrogen-bond acceptors (Lipinski definition) is 4. The minimum Gasteiger partial charge on any atom is -0.508 e. The number of phenols is 2. The van der Waals surface area contributed by atoms with Crippen LogP contribution >= 0.6 is 0 Å². The lowest BCUT2D eigenvalue weighted by molar-refractivity contribution is 0.0953. The van der Waals surface area contributed by atoms with Crippen molar-refractivity contribution in [2.75, 3.05) is 19.6 Å². The first kappa shape index (κ1) is 13.3. The van der Waals surface area contributed by atoms with Crippen LogP contribution in [0.2, 0.25) is 0 Å². The molecule has 1 rings (SSSR count). The van der Waals surface area contributed by atoms with Crippen molar-refractivity contribution in [3.63, 3.8) is 0 Å². The van der Waals surface area contributed by atoms with Crippen molar-refractivity contribution in [3.05, 3.63) is 23.8 Å². The van der Waals surface area contributed by atoms with E-state index < -0.39 is 0 Å². The molecule has 0 spiro atoms. The second-order valence-corrected chi connectivity index (χ2v) is 3.74. The zero-order valence-electron chi connectivity index (χ0n) is 9.86. The first-order valence-electron chi connectivity index (χ1n) is 5.65. The van der Waals surface area contributed by atoms with E-state index in [9.17, 15) is 15.0 Å². The number of hydrogen-bond donors (Lipinski definition) is 4. The van der Waals surface area contributed by atoms with Crippen molar-refractivity contribution in [1.29, 1.82) is 0 Å². The van der Waals surface area contributed by atoms with Gasteiger partial charge < -0.3 is 20.8 Å². The van der Waals surface area contributed by atoms with Gasteiger partial charge in [0.25, 0.3) is 5.91 Å². The third kappa shape index (κ3) is 4.74. The fourth-order valence-corrected chi connectivity index (χ4v) is 1.39. The van der Waals surface area contributed by atoms with Crippen LogP contribution < -0.4 is 10.6 Å². The molecule has 0 unspecified atom stereocenters. The quantitative estimate of drug-likeness (QED) is 0.553. The highest BCUT2D eigenvalue weighted by atomic mass is 16.3. The summed E-state index contributed by atoms with van der Waals surface area (Å²) >= 11 is 0. The van der Waals surface area contributed by atoms with Crippen LogP contribution in [0.25, 0.3) is 0 Å². The summed E-state index contributed by atoms with van der Waals surface area (Å²) in [5.74, 6) is -0.562. The molecule has 0 aliphatic rings. The number of aromatic hydroxyl groups is 2. The van der Waals surface area contributed by atoms with E-state index in [0.29, 0.717) is 13.1 Å².